The van der Waals surface area contributed by atoms with Gasteiger partial charge in [0.25, 0.3) is 5.91 Å². The molecule has 0 bridgehead atoms. The van der Waals surface area contributed by atoms with E-state index in [0.717, 1.165) is 16.6 Å². The number of hydrogen-bond donors (Lipinski definition) is 2. The van der Waals surface area contributed by atoms with Crippen LogP contribution in [0.25, 0.3) is 10.9 Å². The molecule has 0 unspecified atom stereocenters. The maximum Gasteiger partial charge on any atom is 0.274 e. The number of anilines is 2. The van der Waals surface area contributed by atoms with Crippen molar-refractivity contribution >= 4 is 28.3 Å². The van der Waals surface area contributed by atoms with Crippen LogP contribution in [-0.2, 0) is 0 Å². The molecule has 0 aliphatic carbocycles. The van der Waals surface area contributed by atoms with Crippen molar-refractivity contribution in [3.8, 4) is 0 Å². The van der Waals surface area contributed by atoms with E-state index in [-0.39, 0.29) is 5.91 Å². The molecule has 5 heteroatoms. The Balaban J connectivity index is 1.85. The first-order valence-corrected chi connectivity index (χ1v) is 6.57. The Morgan fingerprint density at radius 3 is 2.86 bits per heavy atom. The van der Waals surface area contributed by atoms with Gasteiger partial charge in [-0.2, -0.15) is 0 Å². The van der Waals surface area contributed by atoms with E-state index in [1.54, 1.807) is 31.4 Å². The summed E-state index contributed by atoms with van der Waals surface area (Å²) in [7, 11) is 1.76. The quantitative estimate of drug-likeness (QED) is 0.773. The zero-order valence-electron chi connectivity index (χ0n) is 11.5. The molecule has 104 valence electrons. The number of rotatable bonds is 3. The number of amides is 1. The summed E-state index contributed by atoms with van der Waals surface area (Å²) in [5.74, 6) is 0.417. The van der Waals surface area contributed by atoms with E-state index in [9.17, 15) is 4.79 Å². The van der Waals surface area contributed by atoms with Crippen molar-refractivity contribution in [1.29, 1.82) is 0 Å². The SMILES string of the molecule is CNc1cccc(C(=O)Nc2ccc3ncccc3c2)n1. The Labute approximate surface area is 122 Å². The summed E-state index contributed by atoms with van der Waals surface area (Å²) in [6, 6.07) is 14.7. The molecule has 0 aliphatic rings. The zero-order chi connectivity index (χ0) is 14.7. The fourth-order valence-corrected chi connectivity index (χ4v) is 2.05. The summed E-state index contributed by atoms with van der Waals surface area (Å²) < 4.78 is 0. The lowest BCUT2D eigenvalue weighted by atomic mass is 10.2. The van der Waals surface area contributed by atoms with E-state index >= 15 is 0 Å². The van der Waals surface area contributed by atoms with E-state index in [1.807, 2.05) is 30.3 Å². The van der Waals surface area contributed by atoms with Gasteiger partial charge in [0.2, 0.25) is 0 Å². The van der Waals surface area contributed by atoms with Gasteiger partial charge in [-0.3, -0.25) is 9.78 Å². The number of carbonyl (C=O) groups excluding carboxylic acids is 1. The molecular formula is C16H14N4O. The van der Waals surface area contributed by atoms with Gasteiger partial charge in [0.05, 0.1) is 5.52 Å². The number of aromatic nitrogens is 2. The fraction of sp³-hybridized carbons (Fsp3) is 0.0625. The number of benzene rings is 1. The van der Waals surface area contributed by atoms with Crippen molar-refractivity contribution in [2.45, 2.75) is 0 Å². The number of nitrogens with one attached hydrogen (secondary N) is 2. The van der Waals surface area contributed by atoms with Gasteiger partial charge in [0, 0.05) is 24.3 Å². The average molecular weight is 278 g/mol. The predicted molar refractivity (Wildman–Crippen MR) is 83.5 cm³/mol. The van der Waals surface area contributed by atoms with E-state index in [0.29, 0.717) is 11.5 Å². The molecule has 1 amide bonds. The van der Waals surface area contributed by atoms with Gasteiger partial charge in [-0.05, 0) is 36.4 Å². The standard InChI is InChI=1S/C16H14N4O/c1-17-15-6-2-5-14(20-15)16(21)19-12-7-8-13-11(10-12)4-3-9-18-13/h2-10H,1H3,(H,17,20)(H,19,21). The molecule has 2 heterocycles. The van der Waals surface area contributed by atoms with Crippen LogP contribution < -0.4 is 10.6 Å². The molecule has 3 aromatic rings. The normalized spacial score (nSPS) is 10.3. The Kier molecular flexibility index (Phi) is 3.47. The van der Waals surface area contributed by atoms with Crippen molar-refractivity contribution in [3.05, 3.63) is 60.4 Å². The third-order valence-corrected chi connectivity index (χ3v) is 3.10. The minimum Gasteiger partial charge on any atom is -0.373 e. The smallest absolute Gasteiger partial charge is 0.274 e. The lowest BCUT2D eigenvalue weighted by Crippen LogP contribution is -2.14. The molecule has 0 spiro atoms. The fourth-order valence-electron chi connectivity index (χ4n) is 2.05. The summed E-state index contributed by atoms with van der Waals surface area (Å²) >= 11 is 0. The summed E-state index contributed by atoms with van der Waals surface area (Å²) in [5.41, 5.74) is 1.98. The summed E-state index contributed by atoms with van der Waals surface area (Å²) in [5, 5.41) is 6.73. The molecule has 0 atom stereocenters. The Morgan fingerprint density at radius 1 is 1.10 bits per heavy atom. The van der Waals surface area contributed by atoms with Crippen molar-refractivity contribution in [2.24, 2.45) is 0 Å². The second kappa shape index (κ2) is 5.58. The number of nitrogens with zero attached hydrogens (tertiary/aromatic N) is 2. The van der Waals surface area contributed by atoms with Crippen LogP contribution in [0.3, 0.4) is 0 Å². The van der Waals surface area contributed by atoms with Gasteiger partial charge >= 0.3 is 0 Å². The van der Waals surface area contributed by atoms with Gasteiger partial charge < -0.3 is 10.6 Å². The molecule has 2 aromatic heterocycles. The minimum absolute atomic E-state index is 0.240. The molecule has 1 aromatic carbocycles. The van der Waals surface area contributed by atoms with Gasteiger partial charge in [-0.15, -0.1) is 0 Å². The molecule has 21 heavy (non-hydrogen) atoms. The Morgan fingerprint density at radius 2 is 2.00 bits per heavy atom. The topological polar surface area (TPSA) is 66.9 Å². The summed E-state index contributed by atoms with van der Waals surface area (Å²) in [6.45, 7) is 0. The molecule has 0 fully saturated rings. The second-order valence-electron chi connectivity index (χ2n) is 4.52. The lowest BCUT2D eigenvalue weighted by molar-refractivity contribution is 0.102. The molecule has 0 saturated carbocycles. The zero-order valence-corrected chi connectivity index (χ0v) is 11.5. The van der Waals surface area contributed by atoms with E-state index < -0.39 is 0 Å². The van der Waals surface area contributed by atoms with Crippen LogP contribution >= 0.6 is 0 Å². The van der Waals surface area contributed by atoms with Crippen molar-refractivity contribution in [2.75, 3.05) is 17.7 Å². The number of carbonyl (C=O) groups is 1. The van der Waals surface area contributed by atoms with Crippen LogP contribution in [0.5, 0.6) is 0 Å². The van der Waals surface area contributed by atoms with Gasteiger partial charge in [0.15, 0.2) is 0 Å². The van der Waals surface area contributed by atoms with Crippen molar-refractivity contribution in [1.82, 2.24) is 9.97 Å². The van der Waals surface area contributed by atoms with Crippen LogP contribution in [0.1, 0.15) is 10.5 Å². The molecular weight excluding hydrogens is 264 g/mol. The summed E-state index contributed by atoms with van der Waals surface area (Å²) in [4.78, 5) is 20.7. The van der Waals surface area contributed by atoms with Crippen LogP contribution in [0.2, 0.25) is 0 Å². The van der Waals surface area contributed by atoms with Gasteiger partial charge in [-0.25, -0.2) is 4.98 Å². The summed E-state index contributed by atoms with van der Waals surface area (Å²) in [6.07, 6.45) is 1.74. The lowest BCUT2D eigenvalue weighted by Gasteiger charge is -2.07. The largest absolute Gasteiger partial charge is 0.373 e. The molecule has 3 rings (SSSR count). The molecule has 0 aliphatic heterocycles. The van der Waals surface area contributed by atoms with E-state index in [4.69, 9.17) is 0 Å². The highest BCUT2D eigenvalue weighted by Crippen LogP contribution is 2.17. The highest BCUT2D eigenvalue weighted by atomic mass is 16.1. The third kappa shape index (κ3) is 2.81. The van der Waals surface area contributed by atoms with E-state index in [2.05, 4.69) is 20.6 Å². The highest BCUT2D eigenvalue weighted by molar-refractivity contribution is 6.04. The number of hydrogen-bond acceptors (Lipinski definition) is 4. The first kappa shape index (κ1) is 13.1. The van der Waals surface area contributed by atoms with Crippen LogP contribution in [0.4, 0.5) is 11.5 Å². The highest BCUT2D eigenvalue weighted by Gasteiger charge is 2.08. The molecule has 0 radical (unpaired) electrons. The second-order valence-corrected chi connectivity index (χ2v) is 4.52. The first-order valence-electron chi connectivity index (χ1n) is 6.57. The third-order valence-electron chi connectivity index (χ3n) is 3.10. The first-order chi connectivity index (χ1) is 10.3. The van der Waals surface area contributed by atoms with Crippen LogP contribution in [-0.4, -0.2) is 22.9 Å². The van der Waals surface area contributed by atoms with Crippen molar-refractivity contribution < 1.29 is 4.79 Å². The van der Waals surface area contributed by atoms with E-state index in [1.165, 1.54) is 0 Å². The number of fused-ring (bicyclic) bond motifs is 1. The average Bonchev–Trinajstić information content (AvgIpc) is 2.54. The van der Waals surface area contributed by atoms with Crippen LogP contribution in [0.15, 0.2) is 54.7 Å². The van der Waals surface area contributed by atoms with Crippen LogP contribution in [0, 0.1) is 0 Å². The van der Waals surface area contributed by atoms with Gasteiger partial charge in [-0.1, -0.05) is 12.1 Å². The minimum atomic E-state index is -0.240. The van der Waals surface area contributed by atoms with Crippen molar-refractivity contribution in [3.63, 3.8) is 0 Å². The Bertz CT molecular complexity index is 801. The monoisotopic (exact) mass is 278 g/mol. The predicted octanol–water partition coefficient (Wildman–Crippen LogP) is 2.92. The maximum atomic E-state index is 12.2. The number of pyridine rings is 2. The molecule has 2 N–H and O–H groups in total. The Hall–Kier alpha value is -2.95. The molecule has 5 nitrogen and oxygen atoms in total. The van der Waals surface area contributed by atoms with Gasteiger partial charge in [0.1, 0.15) is 11.5 Å². The maximum absolute atomic E-state index is 12.2. The molecule has 0 saturated heterocycles.